The van der Waals surface area contributed by atoms with Crippen LogP contribution in [0.1, 0.15) is 76.7 Å². The van der Waals surface area contributed by atoms with E-state index in [9.17, 15) is 14.4 Å². The second kappa shape index (κ2) is 13.5. The van der Waals surface area contributed by atoms with Crippen LogP contribution >= 0.6 is 0 Å². The van der Waals surface area contributed by atoms with Crippen LogP contribution in [0.25, 0.3) is 17.0 Å². The fraction of sp³-hybridized carbons (Fsp3) is 0.588. The van der Waals surface area contributed by atoms with E-state index in [0.717, 1.165) is 68.7 Å². The van der Waals surface area contributed by atoms with Crippen LogP contribution in [0, 0.1) is 11.8 Å². The largest absolute Gasteiger partial charge is 0.496 e. The first-order valence-corrected chi connectivity index (χ1v) is 16.4. The number of amides is 3. The van der Waals surface area contributed by atoms with Crippen molar-refractivity contribution in [2.75, 3.05) is 20.3 Å². The van der Waals surface area contributed by atoms with Gasteiger partial charge < -0.3 is 34.9 Å². The number of primary amides is 1. The first-order valence-electron chi connectivity index (χ1n) is 16.4. The van der Waals surface area contributed by atoms with E-state index in [4.69, 9.17) is 24.7 Å². The molecule has 1 aromatic heterocycles. The van der Waals surface area contributed by atoms with Crippen molar-refractivity contribution in [3.8, 4) is 17.4 Å². The Morgan fingerprint density at radius 1 is 1.07 bits per heavy atom. The second-order valence-electron chi connectivity index (χ2n) is 12.7. The number of nitrogens with two attached hydrogens (primary N) is 1. The SMILES string of the molecule is CCOc1cc2c3cc(c(OC)cc3n1)/C=C/C[C@H]1CCC[C@@H]1OC(=O)N[C@@H](C1CCCCC1)C(=O)N1C[C@@H](C[C@H]1C(N)=O)O2. The summed E-state index contributed by atoms with van der Waals surface area (Å²) >= 11 is 0. The van der Waals surface area contributed by atoms with E-state index >= 15 is 0 Å². The summed E-state index contributed by atoms with van der Waals surface area (Å²) in [6, 6.07) is 3.91. The maximum atomic E-state index is 14.3. The highest BCUT2D eigenvalue weighted by atomic mass is 16.6. The topological polar surface area (TPSA) is 142 Å². The zero-order valence-corrected chi connectivity index (χ0v) is 26.2. The molecule has 3 N–H and O–H groups in total. The quantitative estimate of drug-likeness (QED) is 0.488. The molecule has 4 aliphatic rings. The Morgan fingerprint density at radius 3 is 2.62 bits per heavy atom. The summed E-state index contributed by atoms with van der Waals surface area (Å²) in [6.45, 7) is 2.45. The van der Waals surface area contributed by atoms with Gasteiger partial charge in [0.1, 0.15) is 35.8 Å². The van der Waals surface area contributed by atoms with Gasteiger partial charge in [-0.2, -0.15) is 0 Å². The number of nitrogens with one attached hydrogen (secondary N) is 1. The van der Waals surface area contributed by atoms with E-state index in [-0.39, 0.29) is 36.8 Å². The van der Waals surface area contributed by atoms with Gasteiger partial charge in [-0.25, -0.2) is 9.78 Å². The Labute approximate surface area is 263 Å². The molecule has 242 valence electrons. The number of fused-ring (bicyclic) bond motifs is 4. The van der Waals surface area contributed by atoms with Crippen molar-refractivity contribution < 1.29 is 33.3 Å². The van der Waals surface area contributed by atoms with E-state index in [1.54, 1.807) is 13.2 Å². The smallest absolute Gasteiger partial charge is 0.408 e. The molecule has 0 unspecified atom stereocenters. The summed E-state index contributed by atoms with van der Waals surface area (Å²) in [5, 5.41) is 3.71. The number of alkyl carbamates (subject to hydrolysis) is 1. The van der Waals surface area contributed by atoms with Crippen molar-refractivity contribution in [2.24, 2.45) is 17.6 Å². The van der Waals surface area contributed by atoms with Crippen LogP contribution < -0.4 is 25.3 Å². The molecule has 5 atom stereocenters. The van der Waals surface area contributed by atoms with Crippen LogP contribution in [0.2, 0.25) is 0 Å². The molecule has 3 heterocycles. The molecular weight excluding hydrogens is 576 g/mol. The zero-order chi connectivity index (χ0) is 31.5. The molecule has 2 aliphatic carbocycles. The van der Waals surface area contributed by atoms with Crippen LogP contribution in [0.5, 0.6) is 17.4 Å². The zero-order valence-electron chi connectivity index (χ0n) is 26.2. The maximum absolute atomic E-state index is 14.3. The number of nitrogens with zero attached hydrogens (tertiary/aromatic N) is 2. The van der Waals surface area contributed by atoms with Gasteiger partial charge in [0.05, 0.1) is 25.8 Å². The van der Waals surface area contributed by atoms with Gasteiger partial charge in [-0.3, -0.25) is 9.59 Å². The highest BCUT2D eigenvalue weighted by molar-refractivity contribution is 5.92. The molecule has 2 saturated carbocycles. The minimum absolute atomic E-state index is 0.0495. The van der Waals surface area contributed by atoms with Crippen molar-refractivity contribution in [1.29, 1.82) is 0 Å². The molecule has 0 spiro atoms. The fourth-order valence-corrected chi connectivity index (χ4v) is 7.54. The number of hydrogen-bond donors (Lipinski definition) is 2. The average molecular weight is 621 g/mol. The molecule has 3 fully saturated rings. The number of hydrogen-bond acceptors (Lipinski definition) is 8. The Morgan fingerprint density at radius 2 is 1.87 bits per heavy atom. The van der Waals surface area contributed by atoms with Gasteiger partial charge in [0.15, 0.2) is 0 Å². The number of carbonyl (C=O) groups excluding carboxylic acids is 3. The standard InChI is InChI=1S/C34H44N4O7/c1-3-43-30-18-29-24-15-22(28(42-2)17-25(24)36-30)13-7-11-20-12-8-14-27(20)45-34(41)37-31(21-9-5-4-6-10-21)33(40)38-19-23(44-29)16-26(38)32(35)39/h7,13,15,17-18,20-21,23,26-27,31H,3-6,8-12,14,16,19H2,1-2H3,(H2,35,39)(H,37,41)/b13-7+/t20-,23+,26-,27-,31-/m0/s1. The van der Waals surface area contributed by atoms with Crippen molar-refractivity contribution in [1.82, 2.24) is 15.2 Å². The minimum atomic E-state index is -0.870. The highest BCUT2D eigenvalue weighted by Crippen LogP contribution is 2.38. The summed E-state index contributed by atoms with van der Waals surface area (Å²) in [5.74, 6) is 0.774. The lowest BCUT2D eigenvalue weighted by Crippen LogP contribution is -2.56. The Balaban J connectivity index is 1.42. The number of methoxy groups -OCH3 is 1. The highest BCUT2D eigenvalue weighted by Gasteiger charge is 2.45. The van der Waals surface area contributed by atoms with Gasteiger partial charge >= 0.3 is 6.09 Å². The van der Waals surface area contributed by atoms with Crippen molar-refractivity contribution in [3.63, 3.8) is 0 Å². The van der Waals surface area contributed by atoms with Crippen molar-refractivity contribution >= 4 is 34.9 Å². The molecule has 1 aromatic carbocycles. The van der Waals surface area contributed by atoms with Gasteiger partial charge in [0.25, 0.3) is 0 Å². The number of rotatable bonds is 5. The number of ether oxygens (including phenoxy) is 4. The van der Waals surface area contributed by atoms with Crippen LogP contribution in [-0.4, -0.2) is 72.3 Å². The minimum Gasteiger partial charge on any atom is -0.496 e. The average Bonchev–Trinajstić information content (AvgIpc) is 3.66. The third kappa shape index (κ3) is 6.67. The third-order valence-corrected chi connectivity index (χ3v) is 9.80. The number of aromatic nitrogens is 1. The van der Waals surface area contributed by atoms with Crippen LogP contribution in [0.3, 0.4) is 0 Å². The van der Waals surface area contributed by atoms with Gasteiger partial charge in [0, 0.05) is 29.5 Å². The molecule has 4 bridgehead atoms. The van der Waals surface area contributed by atoms with Gasteiger partial charge in [-0.05, 0) is 63.4 Å². The van der Waals surface area contributed by atoms with E-state index in [1.807, 2.05) is 25.1 Å². The predicted molar refractivity (Wildman–Crippen MR) is 168 cm³/mol. The van der Waals surface area contributed by atoms with Gasteiger partial charge in [0.2, 0.25) is 17.7 Å². The Bertz CT molecular complexity index is 1460. The number of allylic oxidation sites excluding steroid dienone is 1. The molecule has 1 saturated heterocycles. The molecule has 11 nitrogen and oxygen atoms in total. The first-order chi connectivity index (χ1) is 21.8. The molecule has 6 rings (SSSR count). The summed E-state index contributed by atoms with van der Waals surface area (Å²) in [4.78, 5) is 46.5. The van der Waals surface area contributed by atoms with Crippen molar-refractivity contribution in [2.45, 2.75) is 95.4 Å². The number of carbonyl (C=O) groups is 3. The molecular formula is C34H44N4O7. The summed E-state index contributed by atoms with van der Waals surface area (Å²) in [7, 11) is 1.62. The second-order valence-corrected chi connectivity index (χ2v) is 12.7. The molecule has 0 radical (unpaired) electrons. The lowest BCUT2D eigenvalue weighted by molar-refractivity contribution is -0.140. The summed E-state index contributed by atoms with van der Waals surface area (Å²) < 4.78 is 24.0. The normalized spacial score (nSPS) is 28.4. The first kappa shape index (κ1) is 31.0. The van der Waals surface area contributed by atoms with E-state index in [2.05, 4.69) is 16.4 Å². The Hall–Kier alpha value is -4.02. The van der Waals surface area contributed by atoms with E-state index in [0.29, 0.717) is 29.5 Å². The Kier molecular flexibility index (Phi) is 9.32. The third-order valence-electron chi connectivity index (χ3n) is 9.80. The van der Waals surface area contributed by atoms with E-state index < -0.39 is 30.2 Å². The van der Waals surface area contributed by atoms with Crippen LogP contribution in [-0.2, 0) is 14.3 Å². The molecule has 3 amide bonds. The lowest BCUT2D eigenvalue weighted by Gasteiger charge is -2.34. The number of benzene rings is 1. The van der Waals surface area contributed by atoms with Crippen LogP contribution in [0.4, 0.5) is 4.79 Å². The number of pyridine rings is 1. The van der Waals surface area contributed by atoms with Crippen LogP contribution in [0.15, 0.2) is 24.3 Å². The fourth-order valence-electron chi connectivity index (χ4n) is 7.54. The molecule has 45 heavy (non-hydrogen) atoms. The maximum Gasteiger partial charge on any atom is 0.408 e. The summed E-state index contributed by atoms with van der Waals surface area (Å²) in [6.07, 6.45) is 11.1. The molecule has 2 aliphatic heterocycles. The molecule has 2 aromatic rings. The van der Waals surface area contributed by atoms with Gasteiger partial charge in [-0.1, -0.05) is 31.4 Å². The summed E-state index contributed by atoms with van der Waals surface area (Å²) in [5.41, 5.74) is 7.36. The molecule has 11 heteroatoms. The van der Waals surface area contributed by atoms with Gasteiger partial charge in [-0.15, -0.1) is 0 Å². The predicted octanol–water partition coefficient (Wildman–Crippen LogP) is 4.74. The monoisotopic (exact) mass is 620 g/mol. The lowest BCUT2D eigenvalue weighted by atomic mass is 9.83. The van der Waals surface area contributed by atoms with E-state index in [1.165, 1.54) is 4.90 Å². The van der Waals surface area contributed by atoms with Crippen molar-refractivity contribution in [3.05, 3.63) is 29.8 Å².